The van der Waals surface area contributed by atoms with Gasteiger partial charge in [0, 0.05) is 13.0 Å². The second kappa shape index (κ2) is 10.3. The van der Waals surface area contributed by atoms with Crippen LogP contribution in [0.1, 0.15) is 25.7 Å². The van der Waals surface area contributed by atoms with Crippen LogP contribution in [0.3, 0.4) is 0 Å². The Kier molecular flexibility index (Phi) is 11.5. The zero-order chi connectivity index (χ0) is 10.1. The van der Waals surface area contributed by atoms with E-state index in [4.69, 9.17) is 10.2 Å². The lowest BCUT2D eigenvalue weighted by Crippen LogP contribution is -2.19. The summed E-state index contributed by atoms with van der Waals surface area (Å²) < 4.78 is 0. The van der Waals surface area contributed by atoms with Crippen molar-refractivity contribution in [2.24, 2.45) is 0 Å². The molecule has 0 rings (SSSR count). The zero-order valence-corrected chi connectivity index (χ0v) is 8.68. The fourth-order valence-corrected chi connectivity index (χ4v) is 0.847. The van der Waals surface area contributed by atoms with Gasteiger partial charge in [-0.3, -0.25) is 9.59 Å². The molecule has 3 N–H and O–H groups in total. The first-order valence-corrected chi connectivity index (χ1v) is 4.27. The lowest BCUT2D eigenvalue weighted by Gasteiger charge is -2.00. The Hall–Kier alpha value is -0.810. The molecule has 0 aromatic heterocycles. The first-order valence-electron chi connectivity index (χ1n) is 4.27. The summed E-state index contributed by atoms with van der Waals surface area (Å²) >= 11 is 0. The number of halogens is 1. The quantitative estimate of drug-likeness (QED) is 0.530. The molecule has 0 saturated heterocycles. The topological polar surface area (TPSA) is 86.6 Å². The van der Waals surface area contributed by atoms with Gasteiger partial charge in [-0.2, -0.15) is 0 Å². The molecule has 0 aromatic carbocycles. The summed E-state index contributed by atoms with van der Waals surface area (Å²) in [5, 5.41) is 19.5. The number of aliphatic carboxylic acids is 2. The molecule has 0 radical (unpaired) electrons. The molecule has 6 heteroatoms. The van der Waals surface area contributed by atoms with Crippen LogP contribution in [0.25, 0.3) is 0 Å². The maximum absolute atomic E-state index is 10.1. The third-order valence-electron chi connectivity index (χ3n) is 1.51. The van der Waals surface area contributed by atoms with E-state index in [2.05, 4.69) is 5.32 Å². The van der Waals surface area contributed by atoms with Crippen LogP contribution in [0, 0.1) is 0 Å². The maximum atomic E-state index is 10.1. The molecule has 0 aliphatic rings. The SMILES string of the molecule is Cl.O=C(O)CCCCNCCC(=O)O. The maximum Gasteiger partial charge on any atom is 0.304 e. The predicted octanol–water partition coefficient (Wildman–Crippen LogP) is 0.727. The normalized spacial score (nSPS) is 9.14. The molecular formula is C8H16ClNO4. The van der Waals surface area contributed by atoms with Crippen molar-refractivity contribution in [3.05, 3.63) is 0 Å². The lowest BCUT2D eigenvalue weighted by atomic mass is 10.2. The van der Waals surface area contributed by atoms with Gasteiger partial charge in [0.15, 0.2) is 0 Å². The van der Waals surface area contributed by atoms with E-state index in [1.54, 1.807) is 0 Å². The first-order chi connectivity index (χ1) is 6.13. The number of carboxylic acids is 2. The Morgan fingerprint density at radius 2 is 1.50 bits per heavy atom. The minimum atomic E-state index is -0.821. The molecule has 0 heterocycles. The molecular weight excluding hydrogens is 210 g/mol. The second-order valence-corrected chi connectivity index (χ2v) is 2.74. The van der Waals surface area contributed by atoms with E-state index in [1.165, 1.54) is 0 Å². The van der Waals surface area contributed by atoms with Gasteiger partial charge in [0.2, 0.25) is 0 Å². The van der Waals surface area contributed by atoms with Crippen molar-refractivity contribution in [2.75, 3.05) is 13.1 Å². The van der Waals surface area contributed by atoms with E-state index in [9.17, 15) is 9.59 Å². The van der Waals surface area contributed by atoms with E-state index < -0.39 is 11.9 Å². The van der Waals surface area contributed by atoms with Gasteiger partial charge in [0.25, 0.3) is 0 Å². The number of hydrogen-bond acceptors (Lipinski definition) is 3. The van der Waals surface area contributed by atoms with Gasteiger partial charge in [0.05, 0.1) is 6.42 Å². The predicted molar refractivity (Wildman–Crippen MR) is 53.9 cm³/mol. The van der Waals surface area contributed by atoms with Crippen molar-refractivity contribution in [3.8, 4) is 0 Å². The van der Waals surface area contributed by atoms with Crippen LogP contribution in [0.15, 0.2) is 0 Å². The fraction of sp³-hybridized carbons (Fsp3) is 0.750. The average Bonchev–Trinajstić information content (AvgIpc) is 2.01. The van der Waals surface area contributed by atoms with Crippen LogP contribution in [0.2, 0.25) is 0 Å². The average molecular weight is 226 g/mol. The zero-order valence-electron chi connectivity index (χ0n) is 7.86. The van der Waals surface area contributed by atoms with E-state index in [1.807, 2.05) is 0 Å². The molecule has 14 heavy (non-hydrogen) atoms. The van der Waals surface area contributed by atoms with Gasteiger partial charge >= 0.3 is 11.9 Å². The lowest BCUT2D eigenvalue weighted by molar-refractivity contribution is -0.137. The number of nitrogens with one attached hydrogen (secondary N) is 1. The molecule has 5 nitrogen and oxygen atoms in total. The largest absolute Gasteiger partial charge is 0.481 e. The third-order valence-corrected chi connectivity index (χ3v) is 1.51. The Balaban J connectivity index is 0. The summed E-state index contributed by atoms with van der Waals surface area (Å²) in [6.45, 7) is 1.13. The summed E-state index contributed by atoms with van der Waals surface area (Å²) in [4.78, 5) is 20.1. The van der Waals surface area contributed by atoms with Crippen molar-refractivity contribution >= 4 is 24.3 Å². The molecule has 0 fully saturated rings. The van der Waals surface area contributed by atoms with Crippen LogP contribution < -0.4 is 5.32 Å². The highest BCUT2D eigenvalue weighted by Gasteiger charge is 1.97. The molecule has 0 aliphatic heterocycles. The summed E-state index contributed by atoms with van der Waals surface area (Å²) in [6.07, 6.45) is 1.70. The third kappa shape index (κ3) is 13.8. The standard InChI is InChI=1S/C8H15NO4.ClH/c10-7(11)3-1-2-5-9-6-4-8(12)13;/h9H,1-6H2,(H,10,11)(H,12,13);1H. The van der Waals surface area contributed by atoms with E-state index >= 15 is 0 Å². The fourth-order valence-electron chi connectivity index (χ4n) is 0.847. The van der Waals surface area contributed by atoms with E-state index in [0.717, 1.165) is 6.42 Å². The summed E-state index contributed by atoms with van der Waals surface area (Å²) in [5.74, 6) is -1.61. The van der Waals surface area contributed by atoms with E-state index in [-0.39, 0.29) is 25.2 Å². The highest BCUT2D eigenvalue weighted by Crippen LogP contribution is 1.93. The number of unbranched alkanes of at least 4 members (excludes halogenated alkanes) is 1. The number of carbonyl (C=O) groups is 2. The monoisotopic (exact) mass is 225 g/mol. The van der Waals surface area contributed by atoms with Crippen LogP contribution in [-0.4, -0.2) is 35.2 Å². The van der Waals surface area contributed by atoms with Gasteiger partial charge < -0.3 is 15.5 Å². The van der Waals surface area contributed by atoms with Crippen LogP contribution in [-0.2, 0) is 9.59 Å². The minimum absolute atomic E-state index is 0. The minimum Gasteiger partial charge on any atom is -0.481 e. The Morgan fingerprint density at radius 1 is 0.929 bits per heavy atom. The Morgan fingerprint density at radius 3 is 2.00 bits per heavy atom. The van der Waals surface area contributed by atoms with Gasteiger partial charge in [-0.25, -0.2) is 0 Å². The van der Waals surface area contributed by atoms with Crippen molar-refractivity contribution in [1.29, 1.82) is 0 Å². The van der Waals surface area contributed by atoms with Gasteiger partial charge in [-0.05, 0) is 19.4 Å². The second-order valence-electron chi connectivity index (χ2n) is 2.74. The smallest absolute Gasteiger partial charge is 0.304 e. The van der Waals surface area contributed by atoms with Crippen LogP contribution >= 0.6 is 12.4 Å². The number of carboxylic acid groups (broad SMARTS) is 2. The molecule has 0 bridgehead atoms. The molecule has 0 unspecified atom stereocenters. The van der Waals surface area contributed by atoms with Crippen LogP contribution in [0.4, 0.5) is 0 Å². The van der Waals surface area contributed by atoms with Gasteiger partial charge in [-0.1, -0.05) is 0 Å². The summed E-state index contributed by atoms with van der Waals surface area (Å²) in [7, 11) is 0. The summed E-state index contributed by atoms with van der Waals surface area (Å²) in [5.41, 5.74) is 0. The molecule has 0 aromatic rings. The van der Waals surface area contributed by atoms with Crippen molar-refractivity contribution in [3.63, 3.8) is 0 Å². The highest BCUT2D eigenvalue weighted by molar-refractivity contribution is 5.85. The van der Waals surface area contributed by atoms with Gasteiger partial charge in [0.1, 0.15) is 0 Å². The summed E-state index contributed by atoms with van der Waals surface area (Å²) in [6, 6.07) is 0. The van der Waals surface area contributed by atoms with Crippen molar-refractivity contribution in [2.45, 2.75) is 25.7 Å². The Labute approximate surface area is 88.9 Å². The molecule has 0 amide bonds. The van der Waals surface area contributed by atoms with E-state index in [0.29, 0.717) is 19.5 Å². The molecule has 0 aliphatic carbocycles. The van der Waals surface area contributed by atoms with Gasteiger partial charge in [-0.15, -0.1) is 12.4 Å². The molecule has 0 spiro atoms. The number of hydrogen-bond donors (Lipinski definition) is 3. The number of rotatable bonds is 8. The molecule has 84 valence electrons. The molecule has 0 atom stereocenters. The van der Waals surface area contributed by atoms with Crippen molar-refractivity contribution < 1.29 is 19.8 Å². The highest BCUT2D eigenvalue weighted by atomic mass is 35.5. The Bertz CT molecular complexity index is 157. The first kappa shape index (κ1) is 15.7. The molecule has 0 saturated carbocycles. The van der Waals surface area contributed by atoms with Crippen LogP contribution in [0.5, 0.6) is 0 Å². The van der Waals surface area contributed by atoms with Crippen molar-refractivity contribution in [1.82, 2.24) is 5.32 Å².